The molecule has 0 aliphatic carbocycles. The summed E-state index contributed by atoms with van der Waals surface area (Å²) in [5.74, 6) is 0.00350. The number of allylic oxidation sites excluding steroid dienone is 1. The number of nitrogens with one attached hydrogen (secondary N) is 1. The molecule has 1 fully saturated rings. The molecule has 1 saturated heterocycles. The lowest BCUT2D eigenvalue weighted by molar-refractivity contribution is -0.125. The number of nitrogens with zero attached hydrogens (tertiary/aromatic N) is 1. The Bertz CT molecular complexity index is 591. The van der Waals surface area contributed by atoms with Gasteiger partial charge in [-0.1, -0.05) is 25.3 Å². The van der Waals surface area contributed by atoms with Gasteiger partial charge in [0, 0.05) is 29.2 Å². The summed E-state index contributed by atoms with van der Waals surface area (Å²) >= 11 is 0. The molecule has 3 rings (SSSR count). The summed E-state index contributed by atoms with van der Waals surface area (Å²) in [4.78, 5) is 14.1. The number of anilines is 1. The van der Waals surface area contributed by atoms with Crippen molar-refractivity contribution in [3.63, 3.8) is 0 Å². The molecule has 0 radical (unpaired) electrons. The van der Waals surface area contributed by atoms with Gasteiger partial charge in [-0.05, 0) is 24.5 Å². The van der Waals surface area contributed by atoms with E-state index in [1.165, 1.54) is 0 Å². The van der Waals surface area contributed by atoms with Crippen molar-refractivity contribution < 1.29 is 4.79 Å². The Morgan fingerprint density at radius 2 is 2.16 bits per heavy atom. The van der Waals surface area contributed by atoms with Crippen molar-refractivity contribution in [2.24, 2.45) is 0 Å². The van der Waals surface area contributed by atoms with Crippen molar-refractivity contribution >= 4 is 17.3 Å². The number of benzene rings is 1. The number of hydrogen-bond donors (Lipinski definition) is 2. The zero-order valence-corrected chi connectivity index (χ0v) is 10.8. The molecule has 0 bridgehead atoms. The highest BCUT2D eigenvalue weighted by molar-refractivity contribution is 5.88. The van der Waals surface area contributed by atoms with Gasteiger partial charge in [0.2, 0.25) is 5.91 Å². The minimum absolute atomic E-state index is 0.00350. The van der Waals surface area contributed by atoms with E-state index in [-0.39, 0.29) is 11.9 Å². The Labute approximate surface area is 112 Å². The molecule has 4 nitrogen and oxygen atoms in total. The molecule has 0 aromatic heterocycles. The van der Waals surface area contributed by atoms with Crippen molar-refractivity contribution in [3.05, 3.63) is 48.2 Å². The minimum Gasteiger partial charge on any atom is -0.398 e. The normalized spacial score (nSPS) is 22.4. The standard InChI is InChI=1S/C15H17N3O/c1-9-6-7-13(15(19)17-9)18-8-11-4-3-5-12(16)14(11)10(18)2/h3-5,13H,1-2,6-8,16H2,(H,17,19). The molecule has 0 saturated carbocycles. The SMILES string of the molecule is C=C1CCC(N2Cc3cccc(N)c3C2=C)C(=O)N1. The number of fused-ring (bicyclic) bond motifs is 1. The fourth-order valence-corrected chi connectivity index (χ4v) is 2.88. The predicted molar refractivity (Wildman–Crippen MR) is 75.7 cm³/mol. The lowest BCUT2D eigenvalue weighted by Gasteiger charge is -2.33. The Morgan fingerprint density at radius 3 is 2.84 bits per heavy atom. The highest BCUT2D eigenvalue weighted by atomic mass is 16.2. The van der Waals surface area contributed by atoms with Crippen LogP contribution in [0.2, 0.25) is 0 Å². The monoisotopic (exact) mass is 255 g/mol. The lowest BCUT2D eigenvalue weighted by Crippen LogP contribution is -2.47. The third-order valence-corrected chi connectivity index (χ3v) is 3.86. The molecular weight excluding hydrogens is 238 g/mol. The van der Waals surface area contributed by atoms with Gasteiger partial charge in [0.1, 0.15) is 6.04 Å². The summed E-state index contributed by atoms with van der Waals surface area (Å²) in [6.07, 6.45) is 1.59. The van der Waals surface area contributed by atoms with Crippen LogP contribution in [0.1, 0.15) is 24.0 Å². The number of amides is 1. The van der Waals surface area contributed by atoms with E-state index in [1.807, 2.05) is 23.1 Å². The second-order valence-corrected chi connectivity index (χ2v) is 5.10. The number of hydrogen-bond acceptors (Lipinski definition) is 3. The maximum atomic E-state index is 12.1. The van der Waals surface area contributed by atoms with Gasteiger partial charge in [0.05, 0.1) is 0 Å². The Hall–Kier alpha value is -2.23. The van der Waals surface area contributed by atoms with Gasteiger partial charge < -0.3 is 16.0 Å². The topological polar surface area (TPSA) is 58.4 Å². The summed E-state index contributed by atoms with van der Waals surface area (Å²) in [5, 5.41) is 2.82. The Morgan fingerprint density at radius 1 is 1.37 bits per heavy atom. The van der Waals surface area contributed by atoms with Crippen molar-refractivity contribution in [3.8, 4) is 0 Å². The van der Waals surface area contributed by atoms with Crippen LogP contribution >= 0.6 is 0 Å². The molecule has 1 amide bonds. The third kappa shape index (κ3) is 1.80. The molecule has 1 atom stereocenters. The first-order valence-corrected chi connectivity index (χ1v) is 6.40. The number of rotatable bonds is 1. The van der Waals surface area contributed by atoms with E-state index >= 15 is 0 Å². The van der Waals surface area contributed by atoms with E-state index < -0.39 is 0 Å². The maximum Gasteiger partial charge on any atom is 0.246 e. The predicted octanol–water partition coefficient (Wildman–Crippen LogP) is 1.85. The van der Waals surface area contributed by atoms with E-state index in [1.54, 1.807) is 0 Å². The molecule has 3 N–H and O–H groups in total. The summed E-state index contributed by atoms with van der Waals surface area (Å²) in [6, 6.07) is 5.67. The molecule has 1 aromatic rings. The van der Waals surface area contributed by atoms with Crippen molar-refractivity contribution in [2.45, 2.75) is 25.4 Å². The first-order valence-electron chi connectivity index (χ1n) is 6.40. The second kappa shape index (κ2) is 4.16. The number of piperidine rings is 1. The second-order valence-electron chi connectivity index (χ2n) is 5.10. The highest BCUT2D eigenvalue weighted by Crippen LogP contribution is 2.38. The third-order valence-electron chi connectivity index (χ3n) is 3.86. The van der Waals surface area contributed by atoms with E-state index in [9.17, 15) is 4.79 Å². The van der Waals surface area contributed by atoms with Crippen molar-refractivity contribution in [1.82, 2.24) is 10.2 Å². The lowest BCUT2D eigenvalue weighted by atomic mass is 10.0. The molecule has 2 aliphatic heterocycles. The molecule has 98 valence electrons. The van der Waals surface area contributed by atoms with Gasteiger partial charge >= 0.3 is 0 Å². The maximum absolute atomic E-state index is 12.1. The van der Waals surface area contributed by atoms with Crippen LogP contribution in [0.4, 0.5) is 5.69 Å². The fourth-order valence-electron chi connectivity index (χ4n) is 2.88. The summed E-state index contributed by atoms with van der Waals surface area (Å²) in [5.41, 5.74) is 10.5. The van der Waals surface area contributed by atoms with Crippen LogP contribution < -0.4 is 11.1 Å². The van der Waals surface area contributed by atoms with Crippen molar-refractivity contribution in [1.29, 1.82) is 0 Å². The summed E-state index contributed by atoms with van der Waals surface area (Å²) in [6.45, 7) is 8.61. The molecule has 1 unspecified atom stereocenters. The van der Waals surface area contributed by atoms with E-state index in [0.717, 1.165) is 41.1 Å². The molecule has 19 heavy (non-hydrogen) atoms. The van der Waals surface area contributed by atoms with Crippen LogP contribution in [-0.2, 0) is 11.3 Å². The van der Waals surface area contributed by atoms with Gasteiger partial charge in [-0.25, -0.2) is 0 Å². The fraction of sp³-hybridized carbons (Fsp3) is 0.267. The van der Waals surface area contributed by atoms with Gasteiger partial charge in [-0.3, -0.25) is 4.79 Å². The number of nitrogen functional groups attached to an aromatic ring is 1. The summed E-state index contributed by atoms with van der Waals surface area (Å²) < 4.78 is 0. The summed E-state index contributed by atoms with van der Waals surface area (Å²) in [7, 11) is 0. The van der Waals surface area contributed by atoms with Crippen LogP contribution in [0.3, 0.4) is 0 Å². The largest absolute Gasteiger partial charge is 0.398 e. The number of carbonyl (C=O) groups is 1. The van der Waals surface area contributed by atoms with Crippen LogP contribution in [0.25, 0.3) is 5.70 Å². The van der Waals surface area contributed by atoms with Crippen LogP contribution in [-0.4, -0.2) is 16.8 Å². The molecule has 1 aromatic carbocycles. The molecule has 2 heterocycles. The van der Waals surface area contributed by atoms with Crippen LogP contribution in [0, 0.1) is 0 Å². The average Bonchev–Trinajstić information content (AvgIpc) is 2.68. The zero-order chi connectivity index (χ0) is 13.6. The molecule has 2 aliphatic rings. The Balaban J connectivity index is 1.90. The number of carbonyl (C=O) groups excluding carboxylic acids is 1. The van der Waals surface area contributed by atoms with Crippen LogP contribution in [0.15, 0.2) is 37.1 Å². The quantitative estimate of drug-likeness (QED) is 0.753. The molecular formula is C15H17N3O. The van der Waals surface area contributed by atoms with E-state index in [0.29, 0.717) is 6.54 Å². The first kappa shape index (κ1) is 11.8. The molecule has 0 spiro atoms. The Kier molecular flexibility index (Phi) is 2.59. The smallest absolute Gasteiger partial charge is 0.246 e. The van der Waals surface area contributed by atoms with E-state index in [4.69, 9.17) is 5.73 Å². The average molecular weight is 255 g/mol. The van der Waals surface area contributed by atoms with Crippen molar-refractivity contribution in [2.75, 3.05) is 5.73 Å². The first-order chi connectivity index (χ1) is 9.08. The molecule has 4 heteroatoms. The van der Waals surface area contributed by atoms with Crippen LogP contribution in [0.5, 0.6) is 0 Å². The number of nitrogens with two attached hydrogens (primary N) is 1. The van der Waals surface area contributed by atoms with Gasteiger partial charge in [-0.15, -0.1) is 0 Å². The van der Waals surface area contributed by atoms with E-state index in [2.05, 4.69) is 18.5 Å². The zero-order valence-electron chi connectivity index (χ0n) is 10.8. The highest BCUT2D eigenvalue weighted by Gasteiger charge is 2.35. The van der Waals surface area contributed by atoms with Gasteiger partial charge in [0.15, 0.2) is 0 Å². The minimum atomic E-state index is -0.176. The van der Waals surface area contributed by atoms with Gasteiger partial charge in [0.25, 0.3) is 0 Å². The van der Waals surface area contributed by atoms with Gasteiger partial charge in [-0.2, -0.15) is 0 Å².